The van der Waals surface area contributed by atoms with Gasteiger partial charge in [-0.3, -0.25) is 19.8 Å². The summed E-state index contributed by atoms with van der Waals surface area (Å²) in [5.41, 5.74) is 3.04. The van der Waals surface area contributed by atoms with Crippen LogP contribution in [0.15, 0.2) is 54.6 Å². The van der Waals surface area contributed by atoms with Gasteiger partial charge in [0.1, 0.15) is 5.56 Å². The number of methoxy groups -OCH3 is 2. The van der Waals surface area contributed by atoms with Crippen LogP contribution in [0.4, 0.5) is 11.4 Å². The van der Waals surface area contributed by atoms with E-state index in [1.165, 1.54) is 17.2 Å². The predicted octanol–water partition coefficient (Wildman–Crippen LogP) is 4.16. The number of hydrogen-bond acceptors (Lipinski definition) is 7. The van der Waals surface area contributed by atoms with E-state index in [-0.39, 0.29) is 11.1 Å². The lowest BCUT2D eigenvalue weighted by Crippen LogP contribution is -2.32. The second kappa shape index (κ2) is 11.1. The van der Waals surface area contributed by atoms with E-state index in [0.717, 1.165) is 61.7 Å². The number of carboxylic acids is 1. The number of nitrogens with one attached hydrogen (secondary N) is 1. The second-order valence-corrected chi connectivity index (χ2v) is 8.70. The molecule has 0 aromatic heterocycles. The Bertz CT molecular complexity index is 1340. The fourth-order valence-corrected chi connectivity index (χ4v) is 4.38. The van der Waals surface area contributed by atoms with Gasteiger partial charge in [-0.05, 0) is 65.9 Å². The summed E-state index contributed by atoms with van der Waals surface area (Å²) in [4.78, 5) is 36.7. The Labute approximate surface area is 213 Å². The van der Waals surface area contributed by atoms with Gasteiger partial charge in [0.15, 0.2) is 11.5 Å². The number of anilines is 1. The summed E-state index contributed by atoms with van der Waals surface area (Å²) in [5, 5.41) is 23.0. The van der Waals surface area contributed by atoms with Crippen LogP contribution in [0.5, 0.6) is 11.5 Å². The third-order valence-electron chi connectivity index (χ3n) is 6.41. The maximum Gasteiger partial charge on any atom is 0.335 e. The van der Waals surface area contributed by atoms with Crippen molar-refractivity contribution in [3.05, 3.63) is 92.5 Å². The van der Waals surface area contributed by atoms with E-state index in [1.807, 2.05) is 24.3 Å². The Hall–Kier alpha value is -4.44. The molecule has 1 heterocycles. The van der Waals surface area contributed by atoms with Crippen LogP contribution < -0.4 is 14.8 Å². The smallest absolute Gasteiger partial charge is 0.335 e. The third-order valence-corrected chi connectivity index (χ3v) is 6.41. The number of nitrogens with zero attached hydrogens (tertiary/aromatic N) is 2. The van der Waals surface area contributed by atoms with Crippen LogP contribution in [-0.2, 0) is 19.4 Å². The minimum atomic E-state index is -1.31. The zero-order valence-electron chi connectivity index (χ0n) is 20.5. The molecule has 0 atom stereocenters. The highest BCUT2D eigenvalue weighted by Crippen LogP contribution is 2.33. The average Bonchev–Trinajstić information content (AvgIpc) is 2.91. The number of carboxylic acid groups (broad SMARTS) is 1. The third kappa shape index (κ3) is 5.87. The van der Waals surface area contributed by atoms with Crippen LogP contribution in [0.1, 0.15) is 37.4 Å². The van der Waals surface area contributed by atoms with Crippen molar-refractivity contribution in [2.45, 2.75) is 19.4 Å². The van der Waals surface area contributed by atoms with Crippen molar-refractivity contribution >= 4 is 23.3 Å². The van der Waals surface area contributed by atoms with Gasteiger partial charge in [-0.25, -0.2) is 4.79 Å². The number of rotatable bonds is 9. The van der Waals surface area contributed by atoms with Gasteiger partial charge < -0.3 is 19.9 Å². The van der Waals surface area contributed by atoms with Gasteiger partial charge in [0.2, 0.25) is 0 Å². The van der Waals surface area contributed by atoms with E-state index < -0.39 is 22.5 Å². The molecule has 37 heavy (non-hydrogen) atoms. The monoisotopic (exact) mass is 505 g/mol. The summed E-state index contributed by atoms with van der Waals surface area (Å²) in [6.45, 7) is 2.63. The molecule has 0 bridgehead atoms. The maximum absolute atomic E-state index is 12.6. The number of nitro groups is 1. The zero-order valence-corrected chi connectivity index (χ0v) is 20.5. The molecule has 10 nitrogen and oxygen atoms in total. The van der Waals surface area contributed by atoms with Crippen molar-refractivity contribution in [3.63, 3.8) is 0 Å². The molecule has 0 fully saturated rings. The molecule has 0 aliphatic carbocycles. The number of benzene rings is 3. The highest BCUT2D eigenvalue weighted by Gasteiger charge is 2.23. The molecular weight excluding hydrogens is 478 g/mol. The highest BCUT2D eigenvalue weighted by molar-refractivity contribution is 6.07. The van der Waals surface area contributed by atoms with Crippen LogP contribution in [0, 0.1) is 10.1 Å². The first-order valence-corrected chi connectivity index (χ1v) is 11.7. The number of aromatic carboxylic acids is 1. The zero-order chi connectivity index (χ0) is 26.5. The molecule has 1 aliphatic rings. The van der Waals surface area contributed by atoms with E-state index >= 15 is 0 Å². The number of ether oxygens (including phenoxy) is 2. The van der Waals surface area contributed by atoms with Crippen LogP contribution in [-0.4, -0.2) is 54.1 Å². The molecule has 0 radical (unpaired) electrons. The van der Waals surface area contributed by atoms with Crippen molar-refractivity contribution in [1.82, 2.24) is 4.90 Å². The lowest BCUT2D eigenvalue weighted by atomic mass is 9.98. The largest absolute Gasteiger partial charge is 0.493 e. The van der Waals surface area contributed by atoms with Gasteiger partial charge in [0.05, 0.1) is 24.7 Å². The predicted molar refractivity (Wildman–Crippen MR) is 137 cm³/mol. The number of amides is 1. The molecule has 0 unspecified atom stereocenters. The summed E-state index contributed by atoms with van der Waals surface area (Å²) in [6.07, 6.45) is 1.75. The van der Waals surface area contributed by atoms with Gasteiger partial charge in [-0.1, -0.05) is 12.1 Å². The molecule has 3 aromatic carbocycles. The quantitative estimate of drug-likeness (QED) is 0.327. The first-order chi connectivity index (χ1) is 17.8. The van der Waals surface area contributed by atoms with Crippen LogP contribution >= 0.6 is 0 Å². The Morgan fingerprint density at radius 2 is 1.70 bits per heavy atom. The fourth-order valence-electron chi connectivity index (χ4n) is 4.38. The second-order valence-electron chi connectivity index (χ2n) is 8.70. The Balaban J connectivity index is 1.36. The van der Waals surface area contributed by atoms with Gasteiger partial charge in [-0.15, -0.1) is 0 Å². The van der Waals surface area contributed by atoms with Crippen molar-refractivity contribution in [2.75, 3.05) is 32.6 Å². The Morgan fingerprint density at radius 1 is 1.03 bits per heavy atom. The number of hydrogen-bond donors (Lipinski definition) is 2. The molecular formula is C27H27N3O7. The van der Waals surface area contributed by atoms with Crippen LogP contribution in [0.3, 0.4) is 0 Å². The summed E-state index contributed by atoms with van der Waals surface area (Å²) in [5.74, 6) is -0.521. The van der Waals surface area contributed by atoms with Gasteiger partial charge in [-0.2, -0.15) is 0 Å². The number of fused-ring (bicyclic) bond motifs is 1. The SMILES string of the molecule is COc1cc2c(cc1OC)CN(CCc1ccc(NC(=O)c3ccc(C(=O)O)cc3[N+](=O)[O-])cc1)CC2. The first-order valence-electron chi connectivity index (χ1n) is 11.7. The summed E-state index contributed by atoms with van der Waals surface area (Å²) < 4.78 is 10.8. The molecule has 3 aromatic rings. The molecule has 0 saturated heterocycles. The Morgan fingerprint density at radius 3 is 2.32 bits per heavy atom. The maximum atomic E-state index is 12.6. The van der Waals surface area contributed by atoms with Crippen molar-refractivity contribution in [1.29, 1.82) is 0 Å². The minimum absolute atomic E-state index is 0.210. The standard InChI is InChI=1S/C27H27N3O7/c1-36-24-14-18-10-12-29(16-20(18)15-25(24)37-2)11-9-17-3-6-21(7-4-17)28-26(31)22-8-5-19(27(32)33)13-23(22)30(34)35/h3-8,13-15H,9-12,16H2,1-2H3,(H,28,31)(H,32,33). The highest BCUT2D eigenvalue weighted by atomic mass is 16.6. The fraction of sp³-hybridized carbons (Fsp3) is 0.259. The number of carbonyl (C=O) groups excluding carboxylic acids is 1. The molecule has 10 heteroatoms. The van der Waals surface area contributed by atoms with Crippen molar-refractivity contribution in [3.8, 4) is 11.5 Å². The van der Waals surface area contributed by atoms with E-state index in [9.17, 15) is 19.7 Å². The minimum Gasteiger partial charge on any atom is -0.493 e. The van der Waals surface area contributed by atoms with E-state index in [0.29, 0.717) is 5.69 Å². The lowest BCUT2D eigenvalue weighted by molar-refractivity contribution is -0.385. The van der Waals surface area contributed by atoms with E-state index in [2.05, 4.69) is 10.2 Å². The molecule has 1 amide bonds. The Kier molecular flexibility index (Phi) is 7.69. The van der Waals surface area contributed by atoms with Gasteiger partial charge in [0, 0.05) is 31.4 Å². The number of carbonyl (C=O) groups is 2. The lowest BCUT2D eigenvalue weighted by Gasteiger charge is -2.29. The summed E-state index contributed by atoms with van der Waals surface area (Å²) in [7, 11) is 3.27. The normalized spacial score (nSPS) is 12.9. The first kappa shape index (κ1) is 25.6. The van der Waals surface area contributed by atoms with Gasteiger partial charge in [0.25, 0.3) is 11.6 Å². The average molecular weight is 506 g/mol. The van der Waals surface area contributed by atoms with E-state index in [4.69, 9.17) is 14.6 Å². The summed E-state index contributed by atoms with van der Waals surface area (Å²) in [6, 6.07) is 14.6. The van der Waals surface area contributed by atoms with Crippen molar-refractivity contribution < 1.29 is 29.1 Å². The molecule has 1 aliphatic heterocycles. The number of nitro benzene ring substituents is 1. The van der Waals surface area contributed by atoms with Crippen molar-refractivity contribution in [2.24, 2.45) is 0 Å². The molecule has 0 saturated carbocycles. The van der Waals surface area contributed by atoms with Gasteiger partial charge >= 0.3 is 5.97 Å². The van der Waals surface area contributed by atoms with Crippen LogP contribution in [0.2, 0.25) is 0 Å². The van der Waals surface area contributed by atoms with E-state index in [1.54, 1.807) is 26.4 Å². The molecule has 4 rings (SSSR count). The summed E-state index contributed by atoms with van der Waals surface area (Å²) >= 11 is 0. The molecule has 2 N–H and O–H groups in total. The molecule has 0 spiro atoms. The molecule has 192 valence electrons. The topological polar surface area (TPSA) is 131 Å². The van der Waals surface area contributed by atoms with Crippen LogP contribution in [0.25, 0.3) is 0 Å².